The fourth-order valence-corrected chi connectivity index (χ4v) is 4.29. The van der Waals surface area contributed by atoms with E-state index in [1.807, 2.05) is 43.5 Å². The van der Waals surface area contributed by atoms with Crippen LogP contribution in [0.25, 0.3) is 0 Å². The monoisotopic (exact) mass is 410 g/mol. The minimum absolute atomic E-state index is 0.102. The van der Waals surface area contributed by atoms with Crippen LogP contribution in [0.5, 0.6) is 0 Å². The largest absolute Gasteiger partial charge is 0.414 e. The van der Waals surface area contributed by atoms with Crippen molar-refractivity contribution in [2.45, 2.75) is 81.7 Å². The summed E-state index contributed by atoms with van der Waals surface area (Å²) < 4.78 is 18.2. The van der Waals surface area contributed by atoms with Gasteiger partial charge < -0.3 is 19.0 Å². The fraction of sp³-hybridized carbons (Fsp3) is 0.619. The zero-order chi connectivity index (χ0) is 20.3. The second kappa shape index (κ2) is 8.80. The molecule has 1 saturated heterocycles. The Kier molecular flexibility index (Phi) is 7.38. The Morgan fingerprint density at radius 1 is 1.22 bits per heavy atom. The molecule has 0 radical (unpaired) electrons. The van der Waals surface area contributed by atoms with Gasteiger partial charge in [-0.15, -0.1) is 0 Å². The molecule has 1 N–H and O–H groups in total. The van der Waals surface area contributed by atoms with E-state index in [4.69, 9.17) is 13.9 Å². The number of benzene rings is 1. The number of aliphatic hydroxyl groups excluding tert-OH is 1. The molecule has 27 heavy (non-hydrogen) atoms. The van der Waals surface area contributed by atoms with Crippen LogP contribution in [-0.2, 0) is 13.9 Å². The highest BCUT2D eigenvalue weighted by molar-refractivity contribution is 8.02. The third-order valence-corrected chi connectivity index (χ3v) is 10.5. The molecular formula is C21H34O4SSi. The minimum Gasteiger partial charge on any atom is -0.414 e. The first-order valence-electron chi connectivity index (χ1n) is 9.47. The molecule has 0 amide bonds. The molecular weight excluding hydrogens is 376 g/mol. The molecule has 1 aromatic carbocycles. The van der Waals surface area contributed by atoms with Crippen molar-refractivity contribution in [2.24, 2.45) is 0 Å². The van der Waals surface area contributed by atoms with Gasteiger partial charge in [0.15, 0.2) is 14.1 Å². The smallest absolute Gasteiger partial charge is 0.192 e. The molecule has 0 spiro atoms. The van der Waals surface area contributed by atoms with Crippen LogP contribution >= 0.6 is 11.8 Å². The van der Waals surface area contributed by atoms with Crippen LogP contribution < -0.4 is 0 Å². The van der Waals surface area contributed by atoms with Gasteiger partial charge in [-0.3, -0.25) is 0 Å². The highest BCUT2D eigenvalue weighted by atomic mass is 32.2. The summed E-state index contributed by atoms with van der Waals surface area (Å²) in [6, 6.07) is 10.1. The Hall–Kier alpha value is -0.633. The summed E-state index contributed by atoms with van der Waals surface area (Å²) in [5, 5.41) is 12.8. The molecule has 1 aliphatic rings. The number of ether oxygens (including phenoxy) is 2. The molecule has 3 unspecified atom stereocenters. The van der Waals surface area contributed by atoms with E-state index in [9.17, 15) is 5.11 Å². The van der Waals surface area contributed by atoms with E-state index in [1.165, 1.54) is 0 Å². The first kappa shape index (κ1) is 22.7. The first-order valence-corrected chi connectivity index (χ1v) is 13.3. The lowest BCUT2D eigenvalue weighted by Crippen LogP contribution is -2.46. The molecule has 0 bridgehead atoms. The minimum atomic E-state index is -1.92. The van der Waals surface area contributed by atoms with Gasteiger partial charge in [0.25, 0.3) is 0 Å². The fourth-order valence-electron chi connectivity index (χ4n) is 2.56. The van der Waals surface area contributed by atoms with Gasteiger partial charge in [-0.1, -0.05) is 50.7 Å². The number of thioether (sulfide) groups is 1. The lowest BCUT2D eigenvalue weighted by Gasteiger charge is -2.37. The average Bonchev–Trinajstić information content (AvgIpc) is 2.87. The lowest BCUT2D eigenvalue weighted by molar-refractivity contribution is -0.155. The molecule has 0 saturated carbocycles. The van der Waals surface area contributed by atoms with Gasteiger partial charge >= 0.3 is 0 Å². The van der Waals surface area contributed by atoms with Gasteiger partial charge in [0.1, 0.15) is 18.3 Å². The van der Waals surface area contributed by atoms with Gasteiger partial charge in [0.05, 0.1) is 6.61 Å². The van der Waals surface area contributed by atoms with Gasteiger partial charge in [-0.2, -0.15) is 0 Å². The van der Waals surface area contributed by atoms with Crippen molar-refractivity contribution in [1.29, 1.82) is 0 Å². The van der Waals surface area contributed by atoms with Gasteiger partial charge in [0, 0.05) is 4.90 Å². The molecule has 0 aliphatic carbocycles. The van der Waals surface area contributed by atoms with E-state index in [1.54, 1.807) is 11.8 Å². The van der Waals surface area contributed by atoms with E-state index in [-0.39, 0.29) is 17.7 Å². The summed E-state index contributed by atoms with van der Waals surface area (Å²) >= 11 is 1.62. The Balaban J connectivity index is 1.99. The van der Waals surface area contributed by atoms with E-state index in [0.717, 1.165) is 4.90 Å². The molecule has 1 fully saturated rings. The Labute approximate surface area is 169 Å². The predicted molar refractivity (Wildman–Crippen MR) is 114 cm³/mol. The quantitative estimate of drug-likeness (QED) is 0.495. The van der Waals surface area contributed by atoms with Crippen LogP contribution in [0.15, 0.2) is 46.7 Å². The number of hydrogen-bond acceptors (Lipinski definition) is 5. The normalized spacial score (nSPS) is 24.4. The zero-order valence-electron chi connectivity index (χ0n) is 17.6. The maximum Gasteiger partial charge on any atom is 0.192 e. The van der Waals surface area contributed by atoms with E-state index in [0.29, 0.717) is 0 Å². The molecule has 4 nitrogen and oxygen atoms in total. The third kappa shape index (κ3) is 6.44. The topological polar surface area (TPSA) is 47.9 Å². The highest BCUT2D eigenvalue weighted by Gasteiger charge is 2.45. The van der Waals surface area contributed by atoms with Crippen LogP contribution in [0.3, 0.4) is 0 Å². The summed E-state index contributed by atoms with van der Waals surface area (Å²) in [5.41, 5.74) is 0. The summed E-state index contributed by atoms with van der Waals surface area (Å²) in [6.07, 6.45) is 0.469. The van der Waals surface area contributed by atoms with Crippen molar-refractivity contribution in [1.82, 2.24) is 0 Å². The highest BCUT2D eigenvalue weighted by Crippen LogP contribution is 2.37. The average molecular weight is 411 g/mol. The van der Waals surface area contributed by atoms with Crippen molar-refractivity contribution >= 4 is 20.1 Å². The lowest BCUT2D eigenvalue weighted by atomic mass is 10.1. The molecule has 1 heterocycles. The number of rotatable bonds is 7. The maximum absolute atomic E-state index is 10.7. The molecule has 3 atom stereocenters. The Morgan fingerprint density at radius 3 is 2.44 bits per heavy atom. The zero-order valence-corrected chi connectivity index (χ0v) is 19.4. The SMILES string of the molecule is CC1(C)OC(/C=C/Sc2ccccc2)C(C(O)CO[Si](C)(C)C(C)(C)C)O1. The van der Waals surface area contributed by atoms with Crippen LogP contribution in [0.4, 0.5) is 0 Å². The molecule has 6 heteroatoms. The summed E-state index contributed by atoms with van der Waals surface area (Å²) in [6.45, 7) is 15.0. The van der Waals surface area contributed by atoms with Crippen molar-refractivity contribution in [3.05, 3.63) is 41.8 Å². The molecule has 2 rings (SSSR count). The summed E-state index contributed by atoms with van der Waals surface area (Å²) in [4.78, 5) is 1.16. The summed E-state index contributed by atoms with van der Waals surface area (Å²) in [7, 11) is -1.92. The van der Waals surface area contributed by atoms with Crippen molar-refractivity contribution in [3.8, 4) is 0 Å². The van der Waals surface area contributed by atoms with E-state index < -0.39 is 26.3 Å². The predicted octanol–water partition coefficient (Wildman–Crippen LogP) is 5.20. The molecule has 0 aromatic heterocycles. The molecule has 1 aromatic rings. The molecule has 152 valence electrons. The first-order chi connectivity index (χ1) is 12.4. The number of aliphatic hydroxyl groups is 1. The van der Waals surface area contributed by atoms with Crippen LogP contribution in [0.2, 0.25) is 18.1 Å². The van der Waals surface area contributed by atoms with Crippen molar-refractivity contribution in [2.75, 3.05) is 6.61 Å². The van der Waals surface area contributed by atoms with Crippen LogP contribution in [-0.4, -0.2) is 44.1 Å². The van der Waals surface area contributed by atoms with Crippen LogP contribution in [0.1, 0.15) is 34.6 Å². The van der Waals surface area contributed by atoms with Gasteiger partial charge in [-0.25, -0.2) is 0 Å². The standard InChI is InChI=1S/C21H34O4SSi/c1-20(2,3)27(6,7)23-15-17(22)19-18(24-21(4,5)25-19)13-14-26-16-11-9-8-10-12-16/h8-14,17-19,22H,15H2,1-7H3/b14-13+. The Bertz CT molecular complexity index is 625. The Morgan fingerprint density at radius 2 is 1.85 bits per heavy atom. The number of hydrogen-bond donors (Lipinski definition) is 1. The third-order valence-electron chi connectivity index (χ3n) is 5.18. The van der Waals surface area contributed by atoms with E-state index >= 15 is 0 Å². The summed E-state index contributed by atoms with van der Waals surface area (Å²) in [5.74, 6) is -0.727. The van der Waals surface area contributed by atoms with Crippen LogP contribution in [0, 0.1) is 0 Å². The second-order valence-electron chi connectivity index (χ2n) is 8.96. The van der Waals surface area contributed by atoms with E-state index in [2.05, 4.69) is 46.0 Å². The van der Waals surface area contributed by atoms with Crippen molar-refractivity contribution in [3.63, 3.8) is 0 Å². The second-order valence-corrected chi connectivity index (χ2v) is 14.8. The maximum atomic E-state index is 10.7. The van der Waals surface area contributed by atoms with Gasteiger partial charge in [0.2, 0.25) is 0 Å². The van der Waals surface area contributed by atoms with Gasteiger partial charge in [-0.05, 0) is 55.6 Å². The molecule has 1 aliphatic heterocycles. The van der Waals surface area contributed by atoms with Crippen molar-refractivity contribution < 1.29 is 19.0 Å².